The maximum absolute atomic E-state index is 12.7. The Balaban J connectivity index is 1.78. The van der Waals surface area contributed by atoms with Crippen molar-refractivity contribution in [1.82, 2.24) is 19.4 Å². The Morgan fingerprint density at radius 2 is 2.09 bits per heavy atom. The monoisotopic (exact) mass is 328 g/mol. The molecule has 124 valence electrons. The van der Waals surface area contributed by atoms with Gasteiger partial charge in [0.05, 0.1) is 31.0 Å². The molecule has 0 spiro atoms. The first kappa shape index (κ1) is 15.9. The Kier molecular flexibility index (Phi) is 4.54. The van der Waals surface area contributed by atoms with Crippen LogP contribution in [-0.4, -0.2) is 61.5 Å². The summed E-state index contributed by atoms with van der Waals surface area (Å²) >= 11 is 0. The van der Waals surface area contributed by atoms with E-state index in [4.69, 9.17) is 4.74 Å². The van der Waals surface area contributed by atoms with Crippen molar-refractivity contribution in [3.63, 3.8) is 0 Å². The molecular formula is C14H24N4O3S. The van der Waals surface area contributed by atoms with Crippen molar-refractivity contribution < 1.29 is 13.2 Å². The van der Waals surface area contributed by atoms with Crippen LogP contribution in [0, 0.1) is 6.92 Å². The van der Waals surface area contributed by atoms with Crippen LogP contribution in [0.5, 0.6) is 0 Å². The van der Waals surface area contributed by atoms with Crippen molar-refractivity contribution >= 4 is 10.0 Å². The van der Waals surface area contributed by atoms with Crippen molar-refractivity contribution in [2.75, 3.05) is 26.3 Å². The maximum atomic E-state index is 12.7. The number of aryl methyl sites for hydroxylation is 2. The van der Waals surface area contributed by atoms with Crippen LogP contribution < -0.4 is 4.72 Å². The molecule has 1 aromatic rings. The minimum Gasteiger partial charge on any atom is -0.378 e. The van der Waals surface area contributed by atoms with Crippen LogP contribution in [-0.2, 0) is 21.3 Å². The second-order valence-corrected chi connectivity index (χ2v) is 7.68. The van der Waals surface area contributed by atoms with Crippen LogP contribution in [0.4, 0.5) is 0 Å². The first-order valence-corrected chi connectivity index (χ1v) is 9.38. The van der Waals surface area contributed by atoms with Gasteiger partial charge >= 0.3 is 0 Å². The quantitative estimate of drug-likeness (QED) is 0.844. The van der Waals surface area contributed by atoms with Gasteiger partial charge in [-0.05, 0) is 45.8 Å². The molecule has 0 saturated carbocycles. The van der Waals surface area contributed by atoms with Crippen molar-refractivity contribution in [3.05, 3.63) is 11.8 Å². The maximum Gasteiger partial charge on any atom is 0.258 e. The van der Waals surface area contributed by atoms with E-state index in [0.29, 0.717) is 25.5 Å². The molecule has 2 saturated heterocycles. The molecule has 7 nitrogen and oxygen atoms in total. The fourth-order valence-electron chi connectivity index (χ4n) is 3.31. The fraction of sp³-hybridized carbons (Fsp3) is 0.786. The highest BCUT2D eigenvalue weighted by molar-refractivity contribution is 7.89. The van der Waals surface area contributed by atoms with E-state index in [9.17, 15) is 8.42 Å². The number of likely N-dealkylation sites (tertiary alicyclic amines) is 1. The van der Waals surface area contributed by atoms with Crippen LogP contribution in [0.15, 0.2) is 11.1 Å². The summed E-state index contributed by atoms with van der Waals surface area (Å²) in [6, 6.07) is 1.56. The number of nitrogens with zero attached hydrogens (tertiary/aromatic N) is 3. The van der Waals surface area contributed by atoms with Crippen LogP contribution in [0.1, 0.15) is 25.5 Å². The predicted octanol–water partition coefficient (Wildman–Crippen LogP) is 0.353. The van der Waals surface area contributed by atoms with Crippen LogP contribution >= 0.6 is 0 Å². The lowest BCUT2D eigenvalue weighted by Crippen LogP contribution is -2.50. The summed E-state index contributed by atoms with van der Waals surface area (Å²) < 4.78 is 35.3. The number of hydrogen-bond donors (Lipinski definition) is 1. The van der Waals surface area contributed by atoms with Gasteiger partial charge in [-0.2, -0.15) is 5.10 Å². The molecule has 0 amide bonds. The summed E-state index contributed by atoms with van der Waals surface area (Å²) in [5, 5.41) is 4.46. The molecule has 8 heteroatoms. The van der Waals surface area contributed by atoms with E-state index in [1.54, 1.807) is 13.0 Å². The first-order chi connectivity index (χ1) is 10.5. The van der Waals surface area contributed by atoms with Crippen LogP contribution in [0.25, 0.3) is 0 Å². The molecule has 2 fully saturated rings. The number of nitrogens with one attached hydrogen (secondary N) is 1. The Labute approximate surface area is 131 Å². The van der Waals surface area contributed by atoms with Gasteiger partial charge in [-0.3, -0.25) is 9.58 Å². The number of sulfonamides is 1. The zero-order valence-corrected chi connectivity index (χ0v) is 14.0. The van der Waals surface area contributed by atoms with Crippen LogP contribution in [0.2, 0.25) is 0 Å². The molecule has 2 aliphatic rings. The standard InChI is InChI=1S/C14H24N4O3S/c1-3-18-14(8-11(2)15-18)22(19,20)16-12-9-21-10-13(12)17-6-4-5-7-17/h8,12-13,16H,3-7,9-10H2,1-2H3/t12-,13-/m0/s1. The summed E-state index contributed by atoms with van der Waals surface area (Å²) in [6.45, 7) is 7.30. The van der Waals surface area contributed by atoms with Crippen LogP contribution in [0.3, 0.4) is 0 Å². The van der Waals surface area contributed by atoms with Crippen molar-refractivity contribution in [2.24, 2.45) is 0 Å². The zero-order valence-electron chi connectivity index (χ0n) is 13.2. The SMILES string of the molecule is CCn1nc(C)cc1S(=O)(=O)N[C@H]1COC[C@@H]1N1CCCC1. The summed E-state index contributed by atoms with van der Waals surface area (Å²) in [7, 11) is -3.58. The van der Waals surface area contributed by atoms with Crippen molar-refractivity contribution in [2.45, 2.75) is 50.3 Å². The number of hydrogen-bond acceptors (Lipinski definition) is 5. The molecule has 2 aliphatic heterocycles. The lowest BCUT2D eigenvalue weighted by atomic mass is 10.1. The van der Waals surface area contributed by atoms with Gasteiger partial charge in [0, 0.05) is 6.54 Å². The predicted molar refractivity (Wildman–Crippen MR) is 82.2 cm³/mol. The molecule has 22 heavy (non-hydrogen) atoms. The molecule has 0 aliphatic carbocycles. The largest absolute Gasteiger partial charge is 0.378 e. The molecular weight excluding hydrogens is 304 g/mol. The first-order valence-electron chi connectivity index (χ1n) is 7.90. The minimum absolute atomic E-state index is 0.136. The molecule has 2 atom stereocenters. The highest BCUT2D eigenvalue weighted by Gasteiger charge is 2.37. The lowest BCUT2D eigenvalue weighted by molar-refractivity contribution is 0.159. The zero-order chi connectivity index (χ0) is 15.7. The molecule has 3 rings (SSSR count). The molecule has 0 bridgehead atoms. The number of aromatic nitrogens is 2. The molecule has 0 radical (unpaired) electrons. The van der Waals surface area contributed by atoms with E-state index in [1.165, 1.54) is 17.5 Å². The number of ether oxygens (including phenoxy) is 1. The highest BCUT2D eigenvalue weighted by Crippen LogP contribution is 2.21. The molecule has 3 heterocycles. The third-order valence-electron chi connectivity index (χ3n) is 4.41. The fourth-order valence-corrected chi connectivity index (χ4v) is 4.83. The summed E-state index contributed by atoms with van der Waals surface area (Å²) in [6.07, 6.45) is 2.36. The summed E-state index contributed by atoms with van der Waals surface area (Å²) in [5.41, 5.74) is 0.709. The van der Waals surface area contributed by atoms with E-state index >= 15 is 0 Å². The normalized spacial score (nSPS) is 26.8. The van der Waals surface area contributed by atoms with E-state index in [2.05, 4.69) is 14.7 Å². The van der Waals surface area contributed by atoms with Gasteiger partial charge in [-0.15, -0.1) is 0 Å². The van der Waals surface area contributed by atoms with Crippen molar-refractivity contribution in [3.8, 4) is 0 Å². The molecule has 0 aromatic carbocycles. The third kappa shape index (κ3) is 3.05. The topological polar surface area (TPSA) is 76.5 Å². The highest BCUT2D eigenvalue weighted by atomic mass is 32.2. The average Bonchev–Trinajstić information content (AvgIpc) is 3.17. The van der Waals surface area contributed by atoms with Gasteiger partial charge in [0.2, 0.25) is 0 Å². The van der Waals surface area contributed by atoms with Gasteiger partial charge in [0.15, 0.2) is 5.03 Å². The van der Waals surface area contributed by atoms with Gasteiger partial charge in [0.25, 0.3) is 10.0 Å². The second kappa shape index (κ2) is 6.27. The molecule has 1 aromatic heterocycles. The summed E-state index contributed by atoms with van der Waals surface area (Å²) in [5.74, 6) is 0. The van der Waals surface area contributed by atoms with Gasteiger partial charge in [0.1, 0.15) is 0 Å². The molecule has 0 unspecified atom stereocenters. The van der Waals surface area contributed by atoms with E-state index in [1.807, 2.05) is 6.92 Å². The summed E-state index contributed by atoms with van der Waals surface area (Å²) in [4.78, 5) is 2.34. The van der Waals surface area contributed by atoms with E-state index < -0.39 is 10.0 Å². The Bertz CT molecular complexity index is 622. The van der Waals surface area contributed by atoms with E-state index in [-0.39, 0.29) is 17.1 Å². The third-order valence-corrected chi connectivity index (χ3v) is 5.90. The van der Waals surface area contributed by atoms with Gasteiger partial charge in [-0.1, -0.05) is 0 Å². The second-order valence-electron chi connectivity index (χ2n) is 6.02. The Hall–Kier alpha value is -0.960. The van der Waals surface area contributed by atoms with Crippen molar-refractivity contribution in [1.29, 1.82) is 0 Å². The van der Waals surface area contributed by atoms with Gasteiger partial charge in [-0.25, -0.2) is 13.1 Å². The molecule has 1 N–H and O–H groups in total. The number of rotatable bonds is 5. The Morgan fingerprint density at radius 3 is 2.77 bits per heavy atom. The minimum atomic E-state index is -3.58. The van der Waals surface area contributed by atoms with E-state index in [0.717, 1.165) is 13.1 Å². The lowest BCUT2D eigenvalue weighted by Gasteiger charge is -2.27. The smallest absolute Gasteiger partial charge is 0.258 e. The van der Waals surface area contributed by atoms with Gasteiger partial charge < -0.3 is 4.74 Å². The Morgan fingerprint density at radius 1 is 1.36 bits per heavy atom. The average molecular weight is 328 g/mol.